The number of ether oxygens (including phenoxy) is 1. The highest BCUT2D eigenvalue weighted by Gasteiger charge is 2.16. The molecule has 9 heteroatoms. The fraction of sp³-hybridized carbons (Fsp3) is 0.174. The Bertz CT molecular complexity index is 1340. The Morgan fingerprint density at radius 3 is 2.75 bits per heavy atom. The SMILES string of the molecule is CCOC(=O)c1ccccc1NC(=O)CCc1nc(-c2cc3ccccc3[nH]c2=O)no1. The van der Waals surface area contributed by atoms with Crippen molar-refractivity contribution < 1.29 is 18.8 Å². The molecule has 0 atom stereocenters. The first-order valence-electron chi connectivity index (χ1n) is 10.1. The summed E-state index contributed by atoms with van der Waals surface area (Å²) in [5.41, 5.74) is 1.31. The highest BCUT2D eigenvalue weighted by molar-refractivity contribution is 6.01. The Hall–Kier alpha value is -4.27. The zero-order chi connectivity index (χ0) is 22.5. The molecule has 0 unspecified atom stereocenters. The van der Waals surface area contributed by atoms with Crippen molar-refractivity contribution in [2.24, 2.45) is 0 Å². The molecule has 0 aliphatic rings. The lowest BCUT2D eigenvalue weighted by Gasteiger charge is -2.09. The summed E-state index contributed by atoms with van der Waals surface area (Å²) in [6.07, 6.45) is 0.221. The quantitative estimate of drug-likeness (QED) is 0.429. The summed E-state index contributed by atoms with van der Waals surface area (Å²) in [5.74, 6) is -0.461. The molecule has 0 bridgehead atoms. The Labute approximate surface area is 182 Å². The number of carbonyl (C=O) groups excluding carboxylic acids is 2. The van der Waals surface area contributed by atoms with Crippen molar-refractivity contribution in [3.63, 3.8) is 0 Å². The average Bonchev–Trinajstić information content (AvgIpc) is 3.26. The van der Waals surface area contributed by atoms with Crippen molar-refractivity contribution in [3.8, 4) is 11.4 Å². The third-order valence-electron chi connectivity index (χ3n) is 4.72. The van der Waals surface area contributed by atoms with Crippen LogP contribution in [0.25, 0.3) is 22.3 Å². The van der Waals surface area contributed by atoms with Crippen LogP contribution in [-0.2, 0) is 16.0 Å². The summed E-state index contributed by atoms with van der Waals surface area (Å²) in [6.45, 7) is 1.95. The monoisotopic (exact) mass is 432 g/mol. The second-order valence-electron chi connectivity index (χ2n) is 6.93. The number of aromatic nitrogens is 3. The number of amides is 1. The molecule has 2 N–H and O–H groups in total. The molecule has 0 aliphatic carbocycles. The van der Waals surface area contributed by atoms with Crippen molar-refractivity contribution in [2.45, 2.75) is 19.8 Å². The standard InChI is InChI=1S/C23H20N4O5/c1-2-31-23(30)15-8-4-6-10-18(15)24-19(28)11-12-20-26-21(27-32-20)16-13-14-7-3-5-9-17(14)25-22(16)29/h3-10,13H,2,11-12H2,1H3,(H,24,28)(H,25,29). The predicted octanol–water partition coefficient (Wildman–Crippen LogP) is 3.33. The first-order valence-corrected chi connectivity index (χ1v) is 10.1. The first-order chi connectivity index (χ1) is 15.5. The number of carbonyl (C=O) groups is 2. The molecule has 2 aromatic carbocycles. The van der Waals surface area contributed by atoms with E-state index in [9.17, 15) is 14.4 Å². The lowest BCUT2D eigenvalue weighted by molar-refractivity contribution is -0.116. The van der Waals surface area contributed by atoms with Crippen molar-refractivity contribution in [1.82, 2.24) is 15.1 Å². The number of para-hydroxylation sites is 2. The van der Waals surface area contributed by atoms with Gasteiger partial charge in [-0.25, -0.2) is 4.79 Å². The summed E-state index contributed by atoms with van der Waals surface area (Å²) in [5, 5.41) is 7.42. The number of hydrogen-bond acceptors (Lipinski definition) is 7. The molecule has 4 aromatic rings. The smallest absolute Gasteiger partial charge is 0.340 e. The zero-order valence-corrected chi connectivity index (χ0v) is 17.3. The maximum absolute atomic E-state index is 12.4. The van der Waals surface area contributed by atoms with Crippen LogP contribution >= 0.6 is 0 Å². The van der Waals surface area contributed by atoms with E-state index in [0.29, 0.717) is 11.2 Å². The molecule has 2 heterocycles. The number of esters is 1. The van der Waals surface area contributed by atoms with Gasteiger partial charge < -0.3 is 19.6 Å². The molecule has 4 rings (SSSR count). The van der Waals surface area contributed by atoms with E-state index in [1.165, 1.54) is 0 Å². The van der Waals surface area contributed by atoms with Gasteiger partial charge in [-0.05, 0) is 36.6 Å². The topological polar surface area (TPSA) is 127 Å². The van der Waals surface area contributed by atoms with Crippen LogP contribution in [0, 0.1) is 0 Å². The number of aromatic amines is 1. The van der Waals surface area contributed by atoms with Gasteiger partial charge in [0.25, 0.3) is 5.56 Å². The maximum Gasteiger partial charge on any atom is 0.340 e. The second-order valence-corrected chi connectivity index (χ2v) is 6.93. The van der Waals surface area contributed by atoms with Crippen molar-refractivity contribution in [3.05, 3.63) is 76.4 Å². The van der Waals surface area contributed by atoms with Gasteiger partial charge in [0.1, 0.15) is 0 Å². The fourth-order valence-corrected chi connectivity index (χ4v) is 3.19. The number of benzene rings is 2. The number of nitrogens with one attached hydrogen (secondary N) is 2. The largest absolute Gasteiger partial charge is 0.462 e. The third kappa shape index (κ3) is 4.56. The Morgan fingerprint density at radius 2 is 1.91 bits per heavy atom. The second kappa shape index (κ2) is 9.25. The van der Waals surface area contributed by atoms with Crippen LogP contribution in [0.3, 0.4) is 0 Å². The molecule has 2 aromatic heterocycles. The van der Waals surface area contributed by atoms with E-state index in [-0.39, 0.29) is 53.8 Å². The summed E-state index contributed by atoms with van der Waals surface area (Å²) in [6, 6.07) is 15.7. The Kier molecular flexibility index (Phi) is 6.07. The molecule has 0 radical (unpaired) electrons. The van der Waals surface area contributed by atoms with E-state index in [2.05, 4.69) is 20.4 Å². The van der Waals surface area contributed by atoms with Gasteiger partial charge in [0, 0.05) is 18.4 Å². The van der Waals surface area contributed by atoms with Gasteiger partial charge in [-0.1, -0.05) is 35.5 Å². The van der Waals surface area contributed by atoms with Gasteiger partial charge >= 0.3 is 5.97 Å². The van der Waals surface area contributed by atoms with Gasteiger partial charge in [0.15, 0.2) is 0 Å². The van der Waals surface area contributed by atoms with E-state index in [0.717, 1.165) is 5.39 Å². The molecule has 9 nitrogen and oxygen atoms in total. The van der Waals surface area contributed by atoms with Crippen LogP contribution in [0.15, 0.2) is 63.9 Å². The predicted molar refractivity (Wildman–Crippen MR) is 117 cm³/mol. The van der Waals surface area contributed by atoms with Crippen molar-refractivity contribution >= 4 is 28.5 Å². The molecule has 0 saturated heterocycles. The number of nitrogens with zero attached hydrogens (tertiary/aromatic N) is 2. The lowest BCUT2D eigenvalue weighted by Crippen LogP contribution is -2.16. The van der Waals surface area contributed by atoms with Crippen molar-refractivity contribution in [2.75, 3.05) is 11.9 Å². The number of fused-ring (bicyclic) bond motifs is 1. The van der Waals surface area contributed by atoms with E-state index >= 15 is 0 Å². The van der Waals surface area contributed by atoms with Crippen LogP contribution in [0.5, 0.6) is 0 Å². The summed E-state index contributed by atoms with van der Waals surface area (Å²) < 4.78 is 10.2. The third-order valence-corrected chi connectivity index (χ3v) is 4.72. The van der Waals surface area contributed by atoms with Crippen LogP contribution in [0.1, 0.15) is 29.6 Å². The Balaban J connectivity index is 1.43. The summed E-state index contributed by atoms with van der Waals surface area (Å²) >= 11 is 0. The van der Waals surface area contributed by atoms with Crippen LogP contribution in [0.4, 0.5) is 5.69 Å². The number of hydrogen-bond donors (Lipinski definition) is 2. The molecule has 162 valence electrons. The molecule has 0 saturated carbocycles. The molecule has 32 heavy (non-hydrogen) atoms. The average molecular weight is 432 g/mol. The zero-order valence-electron chi connectivity index (χ0n) is 17.3. The van der Waals surface area contributed by atoms with Gasteiger partial charge in [-0.15, -0.1) is 0 Å². The first kappa shape index (κ1) is 21.0. The van der Waals surface area contributed by atoms with Gasteiger partial charge in [-0.2, -0.15) is 4.98 Å². The molecule has 1 amide bonds. The highest BCUT2D eigenvalue weighted by atomic mass is 16.5. The normalized spacial score (nSPS) is 10.8. The van der Waals surface area contributed by atoms with Gasteiger partial charge in [0.2, 0.25) is 17.6 Å². The minimum Gasteiger partial charge on any atom is -0.462 e. The highest BCUT2D eigenvalue weighted by Crippen LogP contribution is 2.19. The number of H-pyrrole nitrogens is 1. The van der Waals surface area contributed by atoms with Gasteiger partial charge in [0.05, 0.1) is 23.4 Å². The van der Waals surface area contributed by atoms with E-state index in [1.807, 2.05) is 18.2 Å². The fourth-order valence-electron chi connectivity index (χ4n) is 3.19. The van der Waals surface area contributed by atoms with Crippen LogP contribution in [-0.4, -0.2) is 33.6 Å². The van der Waals surface area contributed by atoms with Crippen LogP contribution < -0.4 is 10.9 Å². The number of aryl methyl sites for hydroxylation is 1. The minimum absolute atomic E-state index is 0.0485. The number of anilines is 1. The Morgan fingerprint density at radius 1 is 1.12 bits per heavy atom. The molecule has 0 spiro atoms. The molecule has 0 aliphatic heterocycles. The lowest BCUT2D eigenvalue weighted by atomic mass is 10.1. The number of rotatable bonds is 7. The van der Waals surface area contributed by atoms with Gasteiger partial charge in [-0.3, -0.25) is 9.59 Å². The molecular weight excluding hydrogens is 412 g/mol. The molecule has 0 fully saturated rings. The molecular formula is C23H20N4O5. The van der Waals surface area contributed by atoms with Crippen LogP contribution in [0.2, 0.25) is 0 Å². The number of pyridine rings is 1. The minimum atomic E-state index is -0.509. The van der Waals surface area contributed by atoms with E-state index in [1.54, 1.807) is 43.3 Å². The summed E-state index contributed by atoms with van der Waals surface area (Å²) in [4.78, 5) is 43.8. The van der Waals surface area contributed by atoms with Crippen molar-refractivity contribution in [1.29, 1.82) is 0 Å². The maximum atomic E-state index is 12.4. The van der Waals surface area contributed by atoms with E-state index < -0.39 is 5.97 Å². The van der Waals surface area contributed by atoms with E-state index in [4.69, 9.17) is 9.26 Å². The summed E-state index contributed by atoms with van der Waals surface area (Å²) in [7, 11) is 0.